The Morgan fingerprint density at radius 3 is 2.67 bits per heavy atom. The summed E-state index contributed by atoms with van der Waals surface area (Å²) in [7, 11) is 1.22. The minimum atomic E-state index is -0.637. The van der Waals surface area contributed by atoms with Gasteiger partial charge in [0.1, 0.15) is 5.75 Å². The van der Waals surface area contributed by atoms with Gasteiger partial charge in [0.15, 0.2) is 5.17 Å². The first-order valence-electron chi connectivity index (χ1n) is 8.42. The second kappa shape index (κ2) is 9.86. The van der Waals surface area contributed by atoms with Crippen molar-refractivity contribution in [2.24, 2.45) is 10.2 Å². The summed E-state index contributed by atoms with van der Waals surface area (Å²) in [6.07, 6.45) is 2.51. The number of esters is 2. The minimum Gasteiger partial charge on any atom is -0.466 e. The molecule has 0 aromatic heterocycles. The molecule has 8 nitrogen and oxygen atoms in total. The van der Waals surface area contributed by atoms with Crippen molar-refractivity contribution >= 4 is 52.6 Å². The Bertz CT molecular complexity index is 1080. The highest BCUT2D eigenvalue weighted by molar-refractivity contribution is 8.18. The number of nitrogens with zero attached hydrogens (tertiary/aromatic N) is 2. The quantitative estimate of drug-likeness (QED) is 0.250. The molecule has 1 N–H and O–H groups in total. The molecule has 0 radical (unpaired) electrons. The first-order chi connectivity index (χ1) is 14.4. The van der Waals surface area contributed by atoms with Gasteiger partial charge in [0.2, 0.25) is 0 Å². The number of thioether (sulfide) groups is 1. The molecule has 152 valence electrons. The first kappa shape index (κ1) is 21.3. The first-order valence-corrected chi connectivity index (χ1v) is 9.62. The summed E-state index contributed by atoms with van der Waals surface area (Å²) in [5.41, 5.74) is 0.995. The van der Waals surface area contributed by atoms with Crippen LogP contribution >= 0.6 is 23.4 Å². The lowest BCUT2D eigenvalue weighted by atomic mass is 10.2. The molecule has 1 aliphatic heterocycles. The number of halogens is 1. The number of amidine groups is 1. The van der Waals surface area contributed by atoms with E-state index in [0.29, 0.717) is 21.9 Å². The molecule has 3 rings (SSSR count). The molecular formula is C20H14ClN3O5S. The molecule has 1 saturated heterocycles. The van der Waals surface area contributed by atoms with Crippen LogP contribution in [0.15, 0.2) is 69.7 Å². The van der Waals surface area contributed by atoms with E-state index in [2.05, 4.69) is 20.3 Å². The lowest BCUT2D eigenvalue weighted by Gasteiger charge is -2.05. The van der Waals surface area contributed by atoms with E-state index in [-0.39, 0.29) is 10.1 Å². The van der Waals surface area contributed by atoms with Gasteiger partial charge in [0.25, 0.3) is 5.91 Å². The fraction of sp³-hybridized carbons (Fsp3) is 0.0500. The third kappa shape index (κ3) is 5.79. The Balaban J connectivity index is 1.64. The molecule has 1 amide bonds. The standard InChI is InChI=1S/C20H14ClN3O5S/c1-28-17(25)10-16-18(26)23-20(30-16)24-22-11-12-3-2-4-15(9-12)29-19(27)13-5-7-14(21)8-6-13/h2-11H,1H3,(H,23,24,26)/b16-10+,22-11?. The minimum absolute atomic E-state index is 0.159. The number of hydrogen-bond donors (Lipinski definition) is 1. The van der Waals surface area contributed by atoms with Gasteiger partial charge in [0, 0.05) is 11.1 Å². The summed E-state index contributed by atoms with van der Waals surface area (Å²) in [6.45, 7) is 0. The lowest BCUT2D eigenvalue weighted by molar-refractivity contribution is -0.135. The van der Waals surface area contributed by atoms with Crippen molar-refractivity contribution in [3.63, 3.8) is 0 Å². The Morgan fingerprint density at radius 2 is 1.93 bits per heavy atom. The largest absolute Gasteiger partial charge is 0.466 e. The van der Waals surface area contributed by atoms with Crippen LogP contribution in [0.5, 0.6) is 5.75 Å². The maximum absolute atomic E-state index is 12.2. The van der Waals surface area contributed by atoms with Gasteiger partial charge in [-0.15, -0.1) is 5.10 Å². The summed E-state index contributed by atoms with van der Waals surface area (Å²) in [5.74, 6) is -1.28. The molecule has 1 fully saturated rings. The van der Waals surface area contributed by atoms with Crippen LogP contribution in [0.4, 0.5) is 0 Å². The van der Waals surface area contributed by atoms with Gasteiger partial charge in [-0.1, -0.05) is 23.7 Å². The zero-order chi connectivity index (χ0) is 21.5. The Morgan fingerprint density at radius 1 is 1.17 bits per heavy atom. The third-order valence-corrected chi connectivity index (χ3v) is 4.76. The van der Waals surface area contributed by atoms with E-state index in [9.17, 15) is 14.4 Å². The SMILES string of the molecule is COC(=O)/C=C1/S/C(=N\N=Cc2cccc(OC(=O)c3ccc(Cl)cc3)c2)NC1=O. The average molecular weight is 444 g/mol. The van der Waals surface area contributed by atoms with E-state index in [1.165, 1.54) is 13.3 Å². The van der Waals surface area contributed by atoms with E-state index >= 15 is 0 Å². The molecule has 0 atom stereocenters. The fourth-order valence-electron chi connectivity index (χ4n) is 2.20. The monoisotopic (exact) mass is 443 g/mol. The van der Waals surface area contributed by atoms with Gasteiger partial charge >= 0.3 is 11.9 Å². The Labute approximate surface area is 180 Å². The van der Waals surface area contributed by atoms with Gasteiger partial charge in [-0.3, -0.25) is 10.1 Å². The highest BCUT2D eigenvalue weighted by atomic mass is 35.5. The Hall–Kier alpha value is -3.43. The zero-order valence-electron chi connectivity index (χ0n) is 15.5. The molecule has 1 heterocycles. The van der Waals surface area contributed by atoms with E-state index in [1.54, 1.807) is 48.5 Å². The number of rotatable bonds is 5. The normalized spacial score (nSPS) is 16.1. The van der Waals surface area contributed by atoms with Crippen molar-refractivity contribution in [3.8, 4) is 5.75 Å². The number of amides is 1. The molecule has 0 saturated carbocycles. The number of carbonyl (C=O) groups excluding carboxylic acids is 3. The van der Waals surface area contributed by atoms with E-state index in [1.807, 2.05) is 0 Å². The van der Waals surface area contributed by atoms with Gasteiger partial charge in [-0.05, 0) is 53.7 Å². The van der Waals surface area contributed by atoms with Crippen LogP contribution < -0.4 is 10.1 Å². The van der Waals surface area contributed by atoms with Crippen molar-refractivity contribution in [1.82, 2.24) is 5.32 Å². The van der Waals surface area contributed by atoms with E-state index < -0.39 is 17.8 Å². The number of carbonyl (C=O) groups is 3. The van der Waals surface area contributed by atoms with Gasteiger partial charge in [-0.25, -0.2) is 9.59 Å². The van der Waals surface area contributed by atoms with E-state index in [4.69, 9.17) is 16.3 Å². The summed E-state index contributed by atoms with van der Waals surface area (Å²) in [6, 6.07) is 13.0. The maximum Gasteiger partial charge on any atom is 0.343 e. The molecule has 1 aliphatic rings. The predicted octanol–water partition coefficient (Wildman–Crippen LogP) is 3.17. The summed E-state index contributed by atoms with van der Waals surface area (Å²) < 4.78 is 9.83. The second-order valence-electron chi connectivity index (χ2n) is 5.71. The molecule has 10 heteroatoms. The van der Waals surface area contributed by atoms with Crippen molar-refractivity contribution in [1.29, 1.82) is 0 Å². The number of ether oxygens (including phenoxy) is 2. The molecule has 2 aromatic carbocycles. The number of benzene rings is 2. The summed E-state index contributed by atoms with van der Waals surface area (Å²) in [5, 5.41) is 11.0. The molecule has 30 heavy (non-hydrogen) atoms. The molecule has 2 aromatic rings. The van der Waals surface area contributed by atoms with Crippen LogP contribution in [0.2, 0.25) is 5.02 Å². The molecule has 0 spiro atoms. The topological polar surface area (TPSA) is 106 Å². The summed E-state index contributed by atoms with van der Waals surface area (Å²) >= 11 is 6.78. The number of methoxy groups -OCH3 is 1. The lowest BCUT2D eigenvalue weighted by Crippen LogP contribution is -2.19. The van der Waals surface area contributed by atoms with Crippen molar-refractivity contribution in [2.75, 3.05) is 7.11 Å². The van der Waals surface area contributed by atoms with Crippen molar-refractivity contribution in [3.05, 3.63) is 75.7 Å². The predicted molar refractivity (Wildman–Crippen MR) is 114 cm³/mol. The van der Waals surface area contributed by atoms with Crippen LogP contribution in [0.1, 0.15) is 15.9 Å². The Kier molecular flexibility index (Phi) is 6.99. The fourth-order valence-corrected chi connectivity index (χ4v) is 3.06. The van der Waals surface area contributed by atoms with Crippen LogP contribution in [0.3, 0.4) is 0 Å². The van der Waals surface area contributed by atoms with Gasteiger partial charge < -0.3 is 9.47 Å². The van der Waals surface area contributed by atoms with E-state index in [0.717, 1.165) is 17.8 Å². The van der Waals surface area contributed by atoms with Crippen molar-refractivity contribution < 1.29 is 23.9 Å². The second-order valence-corrected chi connectivity index (χ2v) is 7.17. The van der Waals surface area contributed by atoms with Gasteiger partial charge in [0.05, 0.1) is 23.8 Å². The zero-order valence-corrected chi connectivity index (χ0v) is 17.1. The van der Waals surface area contributed by atoms with Crippen LogP contribution in [-0.4, -0.2) is 36.3 Å². The highest BCUT2D eigenvalue weighted by Gasteiger charge is 2.25. The molecular weight excluding hydrogens is 430 g/mol. The smallest absolute Gasteiger partial charge is 0.343 e. The number of nitrogens with one attached hydrogen (secondary N) is 1. The average Bonchev–Trinajstić information content (AvgIpc) is 3.07. The van der Waals surface area contributed by atoms with Gasteiger partial charge in [-0.2, -0.15) is 5.10 Å². The summed E-state index contributed by atoms with van der Waals surface area (Å²) in [4.78, 5) is 35.3. The van der Waals surface area contributed by atoms with Crippen LogP contribution in [0.25, 0.3) is 0 Å². The maximum atomic E-state index is 12.2. The molecule has 0 unspecified atom stereocenters. The highest BCUT2D eigenvalue weighted by Crippen LogP contribution is 2.23. The van der Waals surface area contributed by atoms with Crippen molar-refractivity contribution in [2.45, 2.75) is 0 Å². The van der Waals surface area contributed by atoms with Crippen LogP contribution in [-0.2, 0) is 14.3 Å². The van der Waals surface area contributed by atoms with Crippen LogP contribution in [0, 0.1) is 0 Å². The molecule has 0 aliphatic carbocycles. The molecule has 0 bridgehead atoms. The third-order valence-electron chi connectivity index (χ3n) is 3.60. The number of hydrogen-bond acceptors (Lipinski definition) is 8.